The number of hydrazone groups is 1. The number of nitrogens with zero attached hydrogens (tertiary/aromatic N) is 4. The van der Waals surface area contributed by atoms with Gasteiger partial charge in [0.05, 0.1) is 12.1 Å². The maximum atomic E-state index is 12.8. The van der Waals surface area contributed by atoms with E-state index < -0.39 is 5.91 Å². The van der Waals surface area contributed by atoms with Gasteiger partial charge in [0.2, 0.25) is 5.17 Å². The second kappa shape index (κ2) is 9.23. The van der Waals surface area contributed by atoms with Crippen molar-refractivity contribution in [3.8, 4) is 5.75 Å². The molecule has 9 heteroatoms. The average Bonchev–Trinajstić information content (AvgIpc) is 3.40. The lowest BCUT2D eigenvalue weighted by Crippen LogP contribution is -2.35. The number of para-hydroxylation sites is 1. The highest BCUT2D eigenvalue weighted by atomic mass is 79.9. The van der Waals surface area contributed by atoms with E-state index in [1.807, 2.05) is 68.6 Å². The fourth-order valence-corrected chi connectivity index (χ4v) is 4.92. The highest BCUT2D eigenvalue weighted by molar-refractivity contribution is 9.10. The minimum Gasteiger partial charge on any atom is -0.492 e. The smallest absolute Gasteiger partial charge is 0.283 e. The molecular weight excluding hydrogens is 514 g/mol. The molecule has 0 saturated heterocycles. The highest BCUT2D eigenvalue weighted by Gasteiger charge is 2.36. The van der Waals surface area contributed by atoms with E-state index in [9.17, 15) is 4.79 Å². The molecule has 172 valence electrons. The van der Waals surface area contributed by atoms with Gasteiger partial charge in [-0.1, -0.05) is 48.0 Å². The van der Waals surface area contributed by atoms with Crippen LogP contribution in [0.5, 0.6) is 5.75 Å². The molecule has 0 atom stereocenters. The Morgan fingerprint density at radius 1 is 1.18 bits per heavy atom. The summed E-state index contributed by atoms with van der Waals surface area (Å²) in [5, 5.41) is 16.9. The molecule has 2 aromatic carbocycles. The molecular formula is C25H22BrN5O2S. The van der Waals surface area contributed by atoms with Gasteiger partial charge in [-0.3, -0.25) is 10.2 Å². The number of aromatic nitrogens is 1. The molecule has 1 N–H and O–H groups in total. The number of benzene rings is 2. The Morgan fingerprint density at radius 3 is 2.71 bits per heavy atom. The van der Waals surface area contributed by atoms with E-state index in [1.165, 1.54) is 16.8 Å². The third kappa shape index (κ3) is 4.33. The molecule has 3 aromatic rings. The van der Waals surface area contributed by atoms with Gasteiger partial charge in [-0.15, -0.1) is 0 Å². The minimum atomic E-state index is -0.417. The molecule has 0 fully saturated rings. The summed E-state index contributed by atoms with van der Waals surface area (Å²) in [7, 11) is 0. The maximum absolute atomic E-state index is 12.8. The summed E-state index contributed by atoms with van der Waals surface area (Å²) < 4.78 is 9.01. The summed E-state index contributed by atoms with van der Waals surface area (Å²) in [6, 6.07) is 15.7. The quantitative estimate of drug-likeness (QED) is 0.407. The zero-order chi connectivity index (χ0) is 23.8. The van der Waals surface area contributed by atoms with Crippen LogP contribution in [0.1, 0.15) is 19.4 Å². The van der Waals surface area contributed by atoms with Crippen molar-refractivity contribution in [3.63, 3.8) is 0 Å². The monoisotopic (exact) mass is 535 g/mol. The van der Waals surface area contributed by atoms with E-state index in [2.05, 4.69) is 30.6 Å². The summed E-state index contributed by atoms with van der Waals surface area (Å²) >= 11 is 4.78. The number of hydrogen-bond acceptors (Lipinski definition) is 5. The van der Waals surface area contributed by atoms with Crippen molar-refractivity contribution in [1.82, 2.24) is 9.58 Å². The van der Waals surface area contributed by atoms with Crippen molar-refractivity contribution in [1.29, 1.82) is 5.41 Å². The molecule has 0 saturated carbocycles. The van der Waals surface area contributed by atoms with Crippen molar-refractivity contribution in [3.05, 3.63) is 70.3 Å². The minimum absolute atomic E-state index is 0.0496. The average molecular weight is 536 g/mol. The number of thioether (sulfide) groups is 1. The summed E-state index contributed by atoms with van der Waals surface area (Å²) in [6.07, 6.45) is 3.73. The van der Waals surface area contributed by atoms with Crippen molar-refractivity contribution >= 4 is 66.6 Å². The van der Waals surface area contributed by atoms with Crippen LogP contribution in [0.25, 0.3) is 17.0 Å². The third-order valence-electron chi connectivity index (χ3n) is 5.50. The van der Waals surface area contributed by atoms with Gasteiger partial charge < -0.3 is 9.30 Å². The lowest BCUT2D eigenvalue weighted by molar-refractivity contribution is -0.114. The van der Waals surface area contributed by atoms with Gasteiger partial charge in [0.15, 0.2) is 5.84 Å². The van der Waals surface area contributed by atoms with E-state index in [0.717, 1.165) is 31.7 Å². The van der Waals surface area contributed by atoms with E-state index in [-0.39, 0.29) is 17.3 Å². The van der Waals surface area contributed by atoms with Gasteiger partial charge in [-0.25, -0.2) is 0 Å². The molecule has 5 rings (SSSR count). The molecule has 0 bridgehead atoms. The number of amides is 1. The van der Waals surface area contributed by atoms with Crippen LogP contribution in [0.3, 0.4) is 0 Å². The molecule has 0 spiro atoms. The number of ether oxygens (including phenoxy) is 1. The molecule has 0 aliphatic carbocycles. The fraction of sp³-hybridized carbons (Fsp3) is 0.200. The lowest BCUT2D eigenvalue weighted by Gasteiger charge is -2.20. The predicted octanol–water partition coefficient (Wildman–Crippen LogP) is 5.76. The number of nitrogens with one attached hydrogen (secondary N) is 1. The largest absolute Gasteiger partial charge is 0.492 e. The number of fused-ring (bicyclic) bond motifs is 2. The Balaban J connectivity index is 1.42. The Hall–Kier alpha value is -3.17. The summed E-state index contributed by atoms with van der Waals surface area (Å²) in [5.74, 6) is 0.640. The summed E-state index contributed by atoms with van der Waals surface area (Å²) in [6.45, 7) is 5.19. The predicted molar refractivity (Wildman–Crippen MR) is 141 cm³/mol. The van der Waals surface area contributed by atoms with Crippen LogP contribution in [0.2, 0.25) is 0 Å². The first-order valence-electron chi connectivity index (χ1n) is 10.9. The number of rotatable bonds is 6. The zero-order valence-corrected chi connectivity index (χ0v) is 21.1. The number of carbonyl (C=O) groups is 1. The Bertz CT molecular complexity index is 1390. The van der Waals surface area contributed by atoms with E-state index in [0.29, 0.717) is 18.3 Å². The fourth-order valence-electron chi connectivity index (χ4n) is 3.76. The highest BCUT2D eigenvalue weighted by Crippen LogP contribution is 2.32. The SMILES string of the molecule is CC(C)C1=NN2C(=N)/C(=C/c3cn(CCOc4ccc(Br)cc4)c4ccccc34)C(=O)N=C2S1. The van der Waals surface area contributed by atoms with Crippen LogP contribution in [0.4, 0.5) is 0 Å². The van der Waals surface area contributed by atoms with Gasteiger partial charge in [0, 0.05) is 33.1 Å². The third-order valence-corrected chi connectivity index (χ3v) is 7.24. The van der Waals surface area contributed by atoms with Crippen LogP contribution in [0, 0.1) is 11.3 Å². The topological polar surface area (TPSA) is 83.0 Å². The van der Waals surface area contributed by atoms with E-state index >= 15 is 0 Å². The van der Waals surface area contributed by atoms with Crippen LogP contribution in [-0.4, -0.2) is 38.1 Å². The Morgan fingerprint density at radius 2 is 1.94 bits per heavy atom. The molecule has 2 aliphatic heterocycles. The van der Waals surface area contributed by atoms with Gasteiger partial charge >= 0.3 is 0 Å². The van der Waals surface area contributed by atoms with Crippen molar-refractivity contribution < 1.29 is 9.53 Å². The van der Waals surface area contributed by atoms with Gasteiger partial charge in [0.1, 0.15) is 17.4 Å². The second-order valence-electron chi connectivity index (χ2n) is 8.21. The number of amidine groups is 2. The number of halogens is 1. The summed E-state index contributed by atoms with van der Waals surface area (Å²) in [4.78, 5) is 17.0. The molecule has 0 unspecified atom stereocenters. The molecule has 1 amide bonds. The lowest BCUT2D eigenvalue weighted by atomic mass is 10.1. The zero-order valence-electron chi connectivity index (χ0n) is 18.7. The van der Waals surface area contributed by atoms with Crippen molar-refractivity contribution in [2.45, 2.75) is 20.4 Å². The van der Waals surface area contributed by atoms with Crippen molar-refractivity contribution in [2.24, 2.45) is 16.0 Å². The van der Waals surface area contributed by atoms with E-state index in [4.69, 9.17) is 10.1 Å². The number of carbonyl (C=O) groups excluding carboxylic acids is 1. The number of aliphatic imine (C=N–C) groups is 1. The molecule has 1 aromatic heterocycles. The van der Waals surface area contributed by atoms with Gasteiger partial charge in [0.25, 0.3) is 5.91 Å². The molecule has 7 nitrogen and oxygen atoms in total. The summed E-state index contributed by atoms with van der Waals surface area (Å²) in [5.41, 5.74) is 2.11. The molecule has 3 heterocycles. The first-order valence-corrected chi connectivity index (χ1v) is 12.5. The van der Waals surface area contributed by atoms with Gasteiger partial charge in [-0.2, -0.15) is 15.1 Å². The molecule has 2 aliphatic rings. The Kier molecular flexibility index (Phi) is 6.14. The first-order chi connectivity index (χ1) is 16.4. The molecule has 0 radical (unpaired) electrons. The maximum Gasteiger partial charge on any atom is 0.283 e. The molecule has 34 heavy (non-hydrogen) atoms. The van der Waals surface area contributed by atoms with Crippen molar-refractivity contribution in [2.75, 3.05) is 6.61 Å². The number of hydrogen-bond donors (Lipinski definition) is 1. The van der Waals surface area contributed by atoms with Crippen LogP contribution < -0.4 is 4.74 Å². The van der Waals surface area contributed by atoms with E-state index in [1.54, 1.807) is 6.08 Å². The van der Waals surface area contributed by atoms with Gasteiger partial charge in [-0.05, 0) is 48.2 Å². The van der Waals surface area contributed by atoms with Crippen LogP contribution in [0.15, 0.2) is 74.9 Å². The standard InChI is InChI=1S/C25H22BrN5O2S/c1-15(2)24-29-31-22(27)20(23(32)28-25(31)34-24)13-16-14-30(21-6-4-3-5-19(16)21)11-12-33-18-9-7-17(26)8-10-18/h3-10,13-15,27H,11-12H2,1-2H3/b20-13-,27-22?. The first kappa shape index (κ1) is 22.6. The Labute approximate surface area is 209 Å². The second-order valence-corrected chi connectivity index (χ2v) is 10.1. The van der Waals surface area contributed by atoms with Crippen LogP contribution in [-0.2, 0) is 11.3 Å². The van der Waals surface area contributed by atoms with Crippen LogP contribution >= 0.6 is 27.7 Å². The normalized spacial score (nSPS) is 16.9.